The number of nitrogens with one attached hydrogen (secondary N) is 1. The van der Waals surface area contributed by atoms with Crippen LogP contribution in [0.3, 0.4) is 0 Å². The molecule has 0 heterocycles. The monoisotopic (exact) mass is 333 g/mol. The van der Waals surface area contributed by atoms with Crippen molar-refractivity contribution < 1.29 is 13.9 Å². The minimum absolute atomic E-state index is 0.0562. The zero-order valence-electron chi connectivity index (χ0n) is 14.5. The smallest absolute Gasteiger partial charge is 0.230 e. The maximum absolute atomic E-state index is 13.1. The highest BCUT2D eigenvalue weighted by Crippen LogP contribution is 2.43. The number of carbonyl (C=O) groups excluding carboxylic acids is 1. The number of carbonyl (C=O) groups is 1. The molecule has 0 saturated heterocycles. The third kappa shape index (κ3) is 3.64. The summed E-state index contributed by atoms with van der Waals surface area (Å²) in [5.41, 5.74) is 0.459. The van der Waals surface area contributed by atoms with Crippen LogP contribution >= 0.6 is 0 Å². The molecule has 2 aliphatic rings. The van der Waals surface area contributed by atoms with Gasteiger partial charge in [0, 0.05) is 6.54 Å². The van der Waals surface area contributed by atoms with Crippen molar-refractivity contribution in [1.82, 2.24) is 5.32 Å². The van der Waals surface area contributed by atoms with Crippen molar-refractivity contribution in [2.45, 2.75) is 63.4 Å². The molecule has 1 aromatic carbocycles. The van der Waals surface area contributed by atoms with Crippen LogP contribution in [0.1, 0.15) is 57.4 Å². The number of benzene rings is 1. The number of halogens is 1. The minimum atomic E-state index is -0.466. The second-order valence-corrected chi connectivity index (χ2v) is 7.37. The van der Waals surface area contributed by atoms with Crippen LogP contribution in [0.5, 0.6) is 0 Å². The van der Waals surface area contributed by atoms with E-state index in [-0.39, 0.29) is 11.7 Å². The molecule has 2 atom stereocenters. The second-order valence-electron chi connectivity index (χ2n) is 7.37. The third-order valence-electron chi connectivity index (χ3n) is 5.79. The van der Waals surface area contributed by atoms with Crippen molar-refractivity contribution in [1.29, 1.82) is 0 Å². The number of hydrogen-bond donors (Lipinski definition) is 1. The predicted molar refractivity (Wildman–Crippen MR) is 92.3 cm³/mol. The van der Waals surface area contributed by atoms with E-state index >= 15 is 0 Å². The fourth-order valence-electron chi connectivity index (χ4n) is 4.02. The molecule has 0 bridgehead atoms. The Morgan fingerprint density at radius 3 is 2.54 bits per heavy atom. The van der Waals surface area contributed by atoms with Gasteiger partial charge in [-0.25, -0.2) is 4.39 Å². The predicted octanol–water partition coefficient (Wildman–Crippen LogP) is 3.96. The molecule has 1 N–H and O–H groups in total. The summed E-state index contributed by atoms with van der Waals surface area (Å²) in [5, 5.41) is 3.04. The molecule has 132 valence electrons. The summed E-state index contributed by atoms with van der Waals surface area (Å²) in [4.78, 5) is 12.7. The van der Waals surface area contributed by atoms with Crippen molar-refractivity contribution in [2.24, 2.45) is 5.92 Å². The first-order valence-electron chi connectivity index (χ1n) is 9.28. The summed E-state index contributed by atoms with van der Waals surface area (Å²) in [6.45, 7) is 3.37. The Bertz CT molecular complexity index is 553. The Labute approximate surface area is 144 Å². The number of amides is 1. The Morgan fingerprint density at radius 1 is 1.21 bits per heavy atom. The van der Waals surface area contributed by atoms with Gasteiger partial charge in [-0.2, -0.15) is 0 Å². The molecule has 2 saturated carbocycles. The van der Waals surface area contributed by atoms with E-state index in [0.29, 0.717) is 25.2 Å². The van der Waals surface area contributed by atoms with Crippen LogP contribution in [-0.2, 0) is 14.9 Å². The lowest BCUT2D eigenvalue weighted by Crippen LogP contribution is -2.50. The summed E-state index contributed by atoms with van der Waals surface area (Å²) in [7, 11) is 0. The molecule has 0 radical (unpaired) electrons. The Hall–Kier alpha value is -1.42. The van der Waals surface area contributed by atoms with Gasteiger partial charge < -0.3 is 10.1 Å². The lowest BCUT2D eigenvalue weighted by molar-refractivity contribution is -0.130. The maximum Gasteiger partial charge on any atom is 0.230 e. The normalized spacial score (nSPS) is 25.8. The molecule has 3 nitrogen and oxygen atoms in total. The average Bonchev–Trinajstić information content (AvgIpc) is 2.54. The molecule has 0 unspecified atom stereocenters. The van der Waals surface area contributed by atoms with Crippen LogP contribution in [0.25, 0.3) is 0 Å². The molecular weight excluding hydrogens is 305 g/mol. The molecular formula is C20H28FNO2. The van der Waals surface area contributed by atoms with E-state index in [4.69, 9.17) is 4.74 Å². The van der Waals surface area contributed by atoms with Gasteiger partial charge in [0.2, 0.25) is 5.91 Å². The summed E-state index contributed by atoms with van der Waals surface area (Å²) >= 11 is 0. The lowest BCUT2D eigenvalue weighted by atomic mass is 9.64. The quantitative estimate of drug-likeness (QED) is 0.800. The van der Waals surface area contributed by atoms with E-state index in [2.05, 4.69) is 12.2 Å². The summed E-state index contributed by atoms with van der Waals surface area (Å²) < 4.78 is 19.1. The lowest BCUT2D eigenvalue weighted by Gasteiger charge is -2.40. The van der Waals surface area contributed by atoms with Gasteiger partial charge in [-0.1, -0.05) is 38.3 Å². The first-order valence-corrected chi connectivity index (χ1v) is 9.28. The van der Waals surface area contributed by atoms with Crippen molar-refractivity contribution in [3.05, 3.63) is 35.6 Å². The molecule has 0 spiro atoms. The van der Waals surface area contributed by atoms with Crippen molar-refractivity contribution >= 4 is 5.91 Å². The maximum atomic E-state index is 13.1. The molecule has 2 aliphatic carbocycles. The molecule has 0 aliphatic heterocycles. The first-order chi connectivity index (χ1) is 11.6. The molecule has 1 aromatic rings. The van der Waals surface area contributed by atoms with Crippen LogP contribution < -0.4 is 5.32 Å². The van der Waals surface area contributed by atoms with Crippen LogP contribution in [0.2, 0.25) is 0 Å². The topological polar surface area (TPSA) is 38.3 Å². The molecule has 24 heavy (non-hydrogen) atoms. The Morgan fingerprint density at radius 2 is 1.92 bits per heavy atom. The van der Waals surface area contributed by atoms with Crippen molar-refractivity contribution in [3.63, 3.8) is 0 Å². The van der Waals surface area contributed by atoms with Gasteiger partial charge >= 0.3 is 0 Å². The van der Waals surface area contributed by atoms with E-state index in [0.717, 1.165) is 31.2 Å². The second kappa shape index (κ2) is 7.64. The van der Waals surface area contributed by atoms with Gasteiger partial charge in [-0.05, 0) is 49.3 Å². The summed E-state index contributed by atoms with van der Waals surface area (Å²) in [5.74, 6) is 0.413. The standard InChI is InChI=1S/C20H28FNO2/c1-15-5-2-3-6-18(15)24-14-13-22-19(23)20(11-4-12-20)16-7-9-17(21)10-8-16/h7-10,15,18H,2-6,11-14H2,1H3,(H,22,23)/t15-,18+/m1/s1. The fraction of sp³-hybridized carbons (Fsp3) is 0.650. The Balaban J connectivity index is 1.49. The molecule has 3 rings (SSSR count). The number of hydrogen-bond acceptors (Lipinski definition) is 2. The van der Waals surface area contributed by atoms with Crippen LogP contribution in [0.4, 0.5) is 4.39 Å². The van der Waals surface area contributed by atoms with Crippen LogP contribution in [-0.4, -0.2) is 25.2 Å². The van der Waals surface area contributed by atoms with Gasteiger partial charge in [-0.15, -0.1) is 0 Å². The number of ether oxygens (including phenoxy) is 1. The Kier molecular flexibility index (Phi) is 5.54. The molecule has 0 aromatic heterocycles. The molecule has 4 heteroatoms. The average molecular weight is 333 g/mol. The van der Waals surface area contributed by atoms with Gasteiger partial charge in [0.15, 0.2) is 0 Å². The SMILES string of the molecule is C[C@@H]1CCCC[C@@H]1OCCNC(=O)C1(c2ccc(F)cc2)CCC1. The van der Waals surface area contributed by atoms with E-state index in [1.54, 1.807) is 12.1 Å². The van der Waals surface area contributed by atoms with E-state index in [1.165, 1.54) is 31.4 Å². The van der Waals surface area contributed by atoms with Crippen molar-refractivity contribution in [3.8, 4) is 0 Å². The van der Waals surface area contributed by atoms with Crippen LogP contribution in [0, 0.1) is 11.7 Å². The van der Waals surface area contributed by atoms with E-state index < -0.39 is 5.41 Å². The molecule has 2 fully saturated rings. The highest BCUT2D eigenvalue weighted by Gasteiger charge is 2.45. The molecule has 1 amide bonds. The van der Waals surface area contributed by atoms with Crippen molar-refractivity contribution in [2.75, 3.05) is 13.2 Å². The summed E-state index contributed by atoms with van der Waals surface area (Å²) in [6.07, 6.45) is 7.98. The fourth-order valence-corrected chi connectivity index (χ4v) is 4.02. The third-order valence-corrected chi connectivity index (χ3v) is 5.79. The number of rotatable bonds is 6. The van der Waals surface area contributed by atoms with Gasteiger partial charge in [0.05, 0.1) is 18.1 Å². The summed E-state index contributed by atoms with van der Waals surface area (Å²) in [6, 6.07) is 6.37. The minimum Gasteiger partial charge on any atom is -0.376 e. The van der Waals surface area contributed by atoms with Gasteiger partial charge in [-0.3, -0.25) is 4.79 Å². The van der Waals surface area contributed by atoms with Gasteiger partial charge in [0.25, 0.3) is 0 Å². The van der Waals surface area contributed by atoms with E-state index in [1.807, 2.05) is 0 Å². The zero-order valence-corrected chi connectivity index (χ0v) is 14.5. The van der Waals surface area contributed by atoms with E-state index in [9.17, 15) is 9.18 Å². The highest BCUT2D eigenvalue weighted by molar-refractivity contribution is 5.89. The first kappa shape index (κ1) is 17.4. The van der Waals surface area contributed by atoms with Gasteiger partial charge in [0.1, 0.15) is 5.82 Å². The largest absolute Gasteiger partial charge is 0.376 e. The highest BCUT2D eigenvalue weighted by atomic mass is 19.1. The van der Waals surface area contributed by atoms with Crippen LogP contribution in [0.15, 0.2) is 24.3 Å². The zero-order chi connectivity index (χ0) is 17.0.